The Bertz CT molecular complexity index is 849. The van der Waals surface area contributed by atoms with E-state index < -0.39 is 6.10 Å². The van der Waals surface area contributed by atoms with Crippen LogP contribution in [0, 0.1) is 0 Å². The summed E-state index contributed by atoms with van der Waals surface area (Å²) in [4.78, 5) is 13.6. The number of rotatable bonds is 2. The summed E-state index contributed by atoms with van der Waals surface area (Å²) < 4.78 is 2.18. The van der Waals surface area contributed by atoms with Gasteiger partial charge in [-0.2, -0.15) is 0 Å². The van der Waals surface area contributed by atoms with Gasteiger partial charge < -0.3 is 15.4 Å². The van der Waals surface area contributed by atoms with Crippen molar-refractivity contribution in [1.29, 1.82) is 0 Å². The second-order valence-corrected chi connectivity index (χ2v) is 6.45. The van der Waals surface area contributed by atoms with Crippen LogP contribution in [0.4, 0.5) is 0 Å². The van der Waals surface area contributed by atoms with Crippen molar-refractivity contribution in [2.45, 2.75) is 50.8 Å². The van der Waals surface area contributed by atoms with Gasteiger partial charge in [0.2, 0.25) is 0 Å². The maximum absolute atomic E-state index is 10.2. The first-order valence-electron chi connectivity index (χ1n) is 8.20. The molecule has 0 radical (unpaired) electrons. The predicted molar refractivity (Wildman–Crippen MR) is 88.9 cm³/mol. The fourth-order valence-electron chi connectivity index (χ4n) is 3.63. The van der Waals surface area contributed by atoms with Crippen molar-refractivity contribution >= 4 is 22.1 Å². The molecular formula is C17H21N5O. The number of pyridine rings is 2. The third-order valence-electron chi connectivity index (χ3n) is 4.78. The number of aromatic nitrogens is 4. The van der Waals surface area contributed by atoms with Crippen molar-refractivity contribution in [3.63, 3.8) is 0 Å². The molecule has 3 heterocycles. The highest BCUT2D eigenvalue weighted by Crippen LogP contribution is 2.35. The maximum Gasteiger partial charge on any atom is 0.138 e. The summed E-state index contributed by atoms with van der Waals surface area (Å²) in [5.41, 5.74) is 9.53. The molecule has 1 aliphatic rings. The van der Waals surface area contributed by atoms with Crippen LogP contribution < -0.4 is 5.73 Å². The second kappa shape index (κ2) is 5.54. The fraction of sp³-hybridized carbons (Fsp3) is 0.471. The van der Waals surface area contributed by atoms with E-state index in [0.717, 1.165) is 47.8 Å². The van der Waals surface area contributed by atoms with Crippen LogP contribution in [0.25, 0.3) is 22.1 Å². The molecule has 0 spiro atoms. The van der Waals surface area contributed by atoms with E-state index in [1.54, 1.807) is 19.3 Å². The quantitative estimate of drug-likeness (QED) is 0.759. The predicted octanol–water partition coefficient (Wildman–Crippen LogP) is 2.48. The summed E-state index contributed by atoms with van der Waals surface area (Å²) in [6.07, 6.45) is 6.93. The van der Waals surface area contributed by atoms with E-state index in [2.05, 4.69) is 19.5 Å². The molecule has 120 valence electrons. The molecule has 0 amide bonds. The Morgan fingerprint density at radius 2 is 2.00 bits per heavy atom. The molecule has 1 aliphatic carbocycles. The fourth-order valence-corrected chi connectivity index (χ4v) is 3.63. The molecule has 1 saturated carbocycles. The molecule has 3 aromatic rings. The van der Waals surface area contributed by atoms with E-state index in [1.165, 1.54) is 0 Å². The Morgan fingerprint density at radius 1 is 1.22 bits per heavy atom. The minimum absolute atomic E-state index is 0.285. The minimum Gasteiger partial charge on any atom is -0.385 e. The number of aliphatic hydroxyl groups is 1. The van der Waals surface area contributed by atoms with Crippen LogP contribution in [-0.2, 0) is 0 Å². The zero-order valence-corrected chi connectivity index (χ0v) is 13.2. The molecule has 3 aromatic heterocycles. The number of nitrogens with zero attached hydrogens (tertiary/aromatic N) is 4. The molecule has 0 saturated heterocycles. The number of hydrogen-bond donors (Lipinski definition) is 2. The van der Waals surface area contributed by atoms with Gasteiger partial charge in [-0.25, -0.2) is 4.98 Å². The van der Waals surface area contributed by atoms with Crippen LogP contribution in [-0.4, -0.2) is 30.7 Å². The average molecular weight is 311 g/mol. The molecule has 0 aromatic carbocycles. The Balaban J connectivity index is 1.98. The highest BCUT2D eigenvalue weighted by Gasteiger charge is 2.27. The van der Waals surface area contributed by atoms with Crippen LogP contribution in [0.3, 0.4) is 0 Å². The van der Waals surface area contributed by atoms with Gasteiger partial charge in [0.05, 0.1) is 17.2 Å². The van der Waals surface area contributed by atoms with Gasteiger partial charge in [-0.15, -0.1) is 0 Å². The molecule has 0 aliphatic heterocycles. The Labute approximate surface area is 134 Å². The van der Waals surface area contributed by atoms with E-state index >= 15 is 0 Å². The smallest absolute Gasteiger partial charge is 0.138 e. The van der Waals surface area contributed by atoms with E-state index in [-0.39, 0.29) is 6.04 Å². The molecule has 3 N–H and O–H groups in total. The monoisotopic (exact) mass is 311 g/mol. The summed E-state index contributed by atoms with van der Waals surface area (Å²) in [5, 5.41) is 10.2. The van der Waals surface area contributed by atoms with Crippen LogP contribution in [0.1, 0.15) is 50.6 Å². The minimum atomic E-state index is -0.628. The number of hydrogen-bond acceptors (Lipinski definition) is 5. The van der Waals surface area contributed by atoms with Crippen molar-refractivity contribution in [2.75, 3.05) is 0 Å². The third kappa shape index (κ3) is 2.38. The summed E-state index contributed by atoms with van der Waals surface area (Å²) in [6.45, 7) is 1.76. The van der Waals surface area contributed by atoms with Crippen molar-refractivity contribution in [3.05, 3.63) is 30.4 Å². The van der Waals surface area contributed by atoms with Gasteiger partial charge in [-0.05, 0) is 44.7 Å². The Morgan fingerprint density at radius 3 is 2.74 bits per heavy atom. The maximum atomic E-state index is 10.2. The van der Waals surface area contributed by atoms with Crippen LogP contribution >= 0.6 is 0 Å². The highest BCUT2D eigenvalue weighted by molar-refractivity contribution is 5.99. The molecular weight excluding hydrogens is 290 g/mol. The SMILES string of the molecule is C[C@@H](O)c1nc2cnc3cccnc3c2n1[C@H]1CC[C@H](N)CC1. The Hall–Kier alpha value is -2.05. The standard InChI is InChI=1S/C17H21N5O/c1-10(23)17-21-14-9-20-13-3-2-8-19-15(13)16(14)22(17)12-6-4-11(18)5-7-12/h2-3,8-12,23H,4-7,18H2,1H3/t10-,11-,12-/m1/s1. The normalized spacial score (nSPS) is 23.4. The first-order chi connectivity index (χ1) is 11.1. The number of nitrogens with two attached hydrogens (primary N) is 1. The lowest BCUT2D eigenvalue weighted by atomic mass is 9.91. The second-order valence-electron chi connectivity index (χ2n) is 6.45. The van der Waals surface area contributed by atoms with E-state index in [1.807, 2.05) is 12.1 Å². The average Bonchev–Trinajstić information content (AvgIpc) is 2.96. The first-order valence-corrected chi connectivity index (χ1v) is 8.20. The zero-order chi connectivity index (χ0) is 16.0. The third-order valence-corrected chi connectivity index (χ3v) is 4.78. The zero-order valence-electron chi connectivity index (χ0n) is 13.2. The van der Waals surface area contributed by atoms with Crippen LogP contribution in [0.5, 0.6) is 0 Å². The molecule has 6 heteroatoms. The summed E-state index contributed by atoms with van der Waals surface area (Å²) >= 11 is 0. The number of aliphatic hydroxyl groups excluding tert-OH is 1. The van der Waals surface area contributed by atoms with Gasteiger partial charge >= 0.3 is 0 Å². The highest BCUT2D eigenvalue weighted by atomic mass is 16.3. The summed E-state index contributed by atoms with van der Waals surface area (Å²) in [7, 11) is 0. The molecule has 1 atom stereocenters. The van der Waals surface area contributed by atoms with Crippen LogP contribution in [0.15, 0.2) is 24.5 Å². The van der Waals surface area contributed by atoms with E-state index in [9.17, 15) is 5.11 Å². The molecule has 1 fully saturated rings. The first kappa shape index (κ1) is 14.5. The topological polar surface area (TPSA) is 89.9 Å². The number of fused-ring (bicyclic) bond motifs is 3. The van der Waals surface area contributed by atoms with Crippen molar-refractivity contribution in [3.8, 4) is 0 Å². The van der Waals surface area contributed by atoms with Crippen LogP contribution in [0.2, 0.25) is 0 Å². The summed E-state index contributed by atoms with van der Waals surface area (Å²) in [5.74, 6) is 0.695. The lowest BCUT2D eigenvalue weighted by Gasteiger charge is -2.29. The molecule has 6 nitrogen and oxygen atoms in total. The van der Waals surface area contributed by atoms with Crippen molar-refractivity contribution in [1.82, 2.24) is 19.5 Å². The lowest BCUT2D eigenvalue weighted by molar-refractivity contribution is 0.177. The van der Waals surface area contributed by atoms with Gasteiger partial charge in [0.1, 0.15) is 23.0 Å². The van der Waals surface area contributed by atoms with Gasteiger partial charge in [0.15, 0.2) is 0 Å². The number of imidazole rings is 1. The van der Waals surface area contributed by atoms with Gasteiger partial charge in [0.25, 0.3) is 0 Å². The molecule has 0 bridgehead atoms. The summed E-state index contributed by atoms with van der Waals surface area (Å²) in [6, 6.07) is 4.43. The molecule has 0 unspecified atom stereocenters. The van der Waals surface area contributed by atoms with Gasteiger partial charge in [0, 0.05) is 18.3 Å². The Kier molecular flexibility index (Phi) is 3.50. The van der Waals surface area contributed by atoms with Crippen molar-refractivity contribution < 1.29 is 5.11 Å². The molecule has 4 rings (SSSR count). The lowest BCUT2D eigenvalue weighted by Crippen LogP contribution is -2.28. The molecule has 23 heavy (non-hydrogen) atoms. The van der Waals surface area contributed by atoms with Crippen molar-refractivity contribution in [2.24, 2.45) is 5.73 Å². The van der Waals surface area contributed by atoms with Gasteiger partial charge in [-0.1, -0.05) is 0 Å². The van der Waals surface area contributed by atoms with E-state index in [0.29, 0.717) is 11.9 Å². The van der Waals surface area contributed by atoms with Gasteiger partial charge in [-0.3, -0.25) is 9.97 Å². The van der Waals surface area contributed by atoms with E-state index in [4.69, 9.17) is 5.73 Å². The largest absolute Gasteiger partial charge is 0.385 e.